The summed E-state index contributed by atoms with van der Waals surface area (Å²) in [5.74, 6) is 5.50. The molecule has 0 atom stereocenters. The Bertz CT molecular complexity index is 3020. The number of furan rings is 4. The fourth-order valence-electron chi connectivity index (χ4n) is 7.87. The number of rotatable bonds is 12. The van der Waals surface area contributed by atoms with Gasteiger partial charge in [-0.2, -0.15) is 0 Å². The predicted octanol–water partition coefficient (Wildman–Crippen LogP) is 15.8. The fourth-order valence-corrected chi connectivity index (χ4v) is 7.87. The Morgan fingerprint density at radius 3 is 0.906 bits per heavy atom. The standard InChI is InChI=1S/C56H38N4O4/c1-3-7-43(8-4-1)49-23-25-51(61-49)53-27-29-55(63-53)59(47-31-35-57-36-32-47)45-19-15-41(16-20-45)39-11-13-40(14-12-39)42-17-21-46(22-18-42)60(48-33-37-58-38-34-48)56-30-28-54(64-56)52-26-24-50(62-52)44-9-5-2-6-10-44/h1-38H. The summed E-state index contributed by atoms with van der Waals surface area (Å²) in [7, 11) is 0. The van der Waals surface area contributed by atoms with Crippen LogP contribution in [-0.4, -0.2) is 9.97 Å². The van der Waals surface area contributed by atoms with Crippen molar-refractivity contribution in [3.05, 3.63) is 231 Å². The zero-order chi connectivity index (χ0) is 42.7. The van der Waals surface area contributed by atoms with Crippen LogP contribution in [0, 0.1) is 0 Å². The number of pyridine rings is 2. The molecule has 0 aliphatic heterocycles. The number of aromatic nitrogens is 2. The van der Waals surface area contributed by atoms with Crippen LogP contribution in [0.2, 0.25) is 0 Å². The van der Waals surface area contributed by atoms with Gasteiger partial charge in [-0.05, 0) is 107 Å². The van der Waals surface area contributed by atoms with Crippen LogP contribution in [0.25, 0.3) is 67.9 Å². The van der Waals surface area contributed by atoms with E-state index in [1.165, 1.54) is 0 Å². The van der Waals surface area contributed by atoms with Gasteiger partial charge in [0.15, 0.2) is 23.0 Å². The largest absolute Gasteiger partial charge is 0.453 e. The van der Waals surface area contributed by atoms with Crippen molar-refractivity contribution in [1.29, 1.82) is 0 Å². The van der Waals surface area contributed by atoms with Crippen LogP contribution in [0.15, 0.2) is 249 Å². The third kappa shape index (κ3) is 7.67. The topological polar surface area (TPSA) is 84.8 Å². The van der Waals surface area contributed by atoms with Gasteiger partial charge in [0.2, 0.25) is 11.8 Å². The monoisotopic (exact) mass is 830 g/mol. The fraction of sp³-hybridized carbons (Fsp3) is 0. The van der Waals surface area contributed by atoms with Crippen LogP contribution in [0.3, 0.4) is 0 Å². The minimum absolute atomic E-state index is 0.642. The summed E-state index contributed by atoms with van der Waals surface area (Å²) in [4.78, 5) is 12.7. The van der Waals surface area contributed by atoms with E-state index >= 15 is 0 Å². The summed E-state index contributed by atoms with van der Waals surface area (Å²) >= 11 is 0. The Balaban J connectivity index is 0.819. The van der Waals surface area contributed by atoms with E-state index in [2.05, 4.69) is 92.6 Å². The molecule has 11 aromatic rings. The Labute approximate surface area is 369 Å². The van der Waals surface area contributed by atoms with Gasteiger partial charge in [0.1, 0.15) is 11.5 Å². The minimum Gasteiger partial charge on any atom is -0.453 e. The normalized spacial score (nSPS) is 11.1. The van der Waals surface area contributed by atoms with Crippen LogP contribution in [-0.2, 0) is 0 Å². The maximum absolute atomic E-state index is 6.46. The Hall–Kier alpha value is -8.88. The molecule has 0 bridgehead atoms. The molecular weight excluding hydrogens is 793 g/mol. The van der Waals surface area contributed by atoms with Crippen LogP contribution < -0.4 is 9.80 Å². The van der Waals surface area contributed by atoms with Gasteiger partial charge in [-0.1, -0.05) is 109 Å². The second kappa shape index (κ2) is 16.9. The van der Waals surface area contributed by atoms with E-state index in [4.69, 9.17) is 17.7 Å². The molecule has 0 N–H and O–H groups in total. The number of nitrogens with zero attached hydrogens (tertiary/aromatic N) is 4. The van der Waals surface area contributed by atoms with Crippen molar-refractivity contribution < 1.29 is 17.7 Å². The number of anilines is 6. The summed E-state index contributed by atoms with van der Waals surface area (Å²) in [6.45, 7) is 0. The predicted molar refractivity (Wildman–Crippen MR) is 253 cm³/mol. The van der Waals surface area contributed by atoms with E-state index in [1.807, 2.05) is 133 Å². The van der Waals surface area contributed by atoms with E-state index in [9.17, 15) is 0 Å². The van der Waals surface area contributed by atoms with Crippen molar-refractivity contribution in [1.82, 2.24) is 9.97 Å². The lowest BCUT2D eigenvalue weighted by Crippen LogP contribution is -2.09. The Morgan fingerprint density at radius 1 is 0.234 bits per heavy atom. The first-order valence-electron chi connectivity index (χ1n) is 20.9. The van der Waals surface area contributed by atoms with Gasteiger partial charge >= 0.3 is 0 Å². The minimum atomic E-state index is 0.642. The van der Waals surface area contributed by atoms with Crippen LogP contribution in [0.1, 0.15) is 0 Å². The molecule has 0 spiro atoms. The van der Waals surface area contributed by atoms with Crippen molar-refractivity contribution in [3.8, 4) is 67.9 Å². The van der Waals surface area contributed by atoms with Gasteiger partial charge in [0, 0.05) is 59.4 Å². The van der Waals surface area contributed by atoms with Crippen molar-refractivity contribution in [2.24, 2.45) is 0 Å². The number of hydrogen-bond acceptors (Lipinski definition) is 8. The van der Waals surface area contributed by atoms with Gasteiger partial charge in [-0.25, -0.2) is 0 Å². The molecule has 8 nitrogen and oxygen atoms in total. The highest BCUT2D eigenvalue weighted by Crippen LogP contribution is 2.41. The summed E-state index contributed by atoms with van der Waals surface area (Å²) in [5, 5.41) is 0. The lowest BCUT2D eigenvalue weighted by atomic mass is 10.00. The average Bonchev–Trinajstić information content (AvgIpc) is 4.23. The third-order valence-electron chi connectivity index (χ3n) is 11.1. The molecule has 306 valence electrons. The Morgan fingerprint density at radius 2 is 0.531 bits per heavy atom. The lowest BCUT2D eigenvalue weighted by Gasteiger charge is -2.22. The Kier molecular flexibility index (Phi) is 10.0. The molecule has 0 saturated heterocycles. The maximum Gasteiger partial charge on any atom is 0.205 e. The lowest BCUT2D eigenvalue weighted by molar-refractivity contribution is 0.535. The van der Waals surface area contributed by atoms with E-state index in [0.717, 1.165) is 67.7 Å². The number of benzene rings is 5. The molecule has 0 aliphatic carbocycles. The van der Waals surface area contributed by atoms with Gasteiger partial charge < -0.3 is 17.7 Å². The van der Waals surface area contributed by atoms with Crippen molar-refractivity contribution in [2.75, 3.05) is 9.80 Å². The SMILES string of the molecule is c1ccc(-c2ccc(-c3ccc(N(c4ccncc4)c4ccc(-c5ccc(-c6ccc(N(c7ccncc7)c7ccc(-c8ccc(-c9ccccc9)o8)o7)cc6)cc5)cc4)o3)o2)cc1. The molecule has 11 rings (SSSR count). The summed E-state index contributed by atoms with van der Waals surface area (Å²) < 4.78 is 25.3. The quantitative estimate of drug-likeness (QED) is 0.120. The zero-order valence-electron chi connectivity index (χ0n) is 34.4. The average molecular weight is 831 g/mol. The first-order chi connectivity index (χ1) is 31.7. The molecule has 0 aliphatic rings. The highest BCUT2D eigenvalue weighted by atomic mass is 16.4. The zero-order valence-corrected chi connectivity index (χ0v) is 34.4. The molecule has 6 heterocycles. The molecule has 5 aromatic carbocycles. The van der Waals surface area contributed by atoms with Crippen molar-refractivity contribution in [3.63, 3.8) is 0 Å². The molecule has 0 saturated carbocycles. The van der Waals surface area contributed by atoms with E-state index in [1.54, 1.807) is 24.8 Å². The molecule has 8 heteroatoms. The highest BCUT2D eigenvalue weighted by molar-refractivity contribution is 5.80. The molecule has 0 radical (unpaired) electrons. The van der Waals surface area contributed by atoms with Crippen LogP contribution in [0.5, 0.6) is 0 Å². The van der Waals surface area contributed by atoms with Crippen LogP contribution >= 0.6 is 0 Å². The van der Waals surface area contributed by atoms with E-state index in [-0.39, 0.29) is 0 Å². The molecule has 0 fully saturated rings. The maximum atomic E-state index is 6.46. The van der Waals surface area contributed by atoms with Gasteiger partial charge in [-0.3, -0.25) is 19.8 Å². The second-order valence-corrected chi connectivity index (χ2v) is 15.1. The molecule has 64 heavy (non-hydrogen) atoms. The highest BCUT2D eigenvalue weighted by Gasteiger charge is 2.21. The van der Waals surface area contributed by atoms with Crippen molar-refractivity contribution in [2.45, 2.75) is 0 Å². The van der Waals surface area contributed by atoms with Gasteiger partial charge in [0.25, 0.3) is 0 Å². The molecule has 0 unspecified atom stereocenters. The third-order valence-corrected chi connectivity index (χ3v) is 11.1. The van der Waals surface area contributed by atoms with Crippen molar-refractivity contribution >= 4 is 34.5 Å². The van der Waals surface area contributed by atoms with E-state index in [0.29, 0.717) is 34.8 Å². The number of hydrogen-bond donors (Lipinski definition) is 0. The summed E-state index contributed by atoms with van der Waals surface area (Å²) in [5.41, 5.74) is 10.2. The van der Waals surface area contributed by atoms with Crippen LogP contribution in [0.4, 0.5) is 34.5 Å². The van der Waals surface area contributed by atoms with Gasteiger partial charge in [0.05, 0.1) is 11.4 Å². The first kappa shape index (κ1) is 38.1. The second-order valence-electron chi connectivity index (χ2n) is 15.1. The molecule has 0 amide bonds. The summed E-state index contributed by atoms with van der Waals surface area (Å²) in [6, 6.07) is 69.2. The first-order valence-corrected chi connectivity index (χ1v) is 20.9. The summed E-state index contributed by atoms with van der Waals surface area (Å²) in [6.07, 6.45) is 7.13. The molecule has 6 aromatic heterocycles. The van der Waals surface area contributed by atoms with Gasteiger partial charge in [-0.15, -0.1) is 0 Å². The molecular formula is C56H38N4O4. The smallest absolute Gasteiger partial charge is 0.205 e. The van der Waals surface area contributed by atoms with E-state index < -0.39 is 0 Å².